The highest BCUT2D eigenvalue weighted by molar-refractivity contribution is 5.98. The predicted molar refractivity (Wildman–Crippen MR) is 312 cm³/mol. The number of aromatic amines is 2. The third kappa shape index (κ3) is 23.6. The van der Waals surface area contributed by atoms with Gasteiger partial charge in [-0.2, -0.15) is 0 Å². The number of amides is 10. The van der Waals surface area contributed by atoms with Gasteiger partial charge in [0.1, 0.15) is 41.9 Å². The number of benzene rings is 2. The molecule has 2 aromatic carbocycles. The Balaban J connectivity index is 1.49. The second-order valence-electron chi connectivity index (χ2n) is 23.3. The van der Waals surface area contributed by atoms with Crippen LogP contribution in [0.2, 0.25) is 0 Å². The Kier molecular flexibility index (Phi) is 26.2. The van der Waals surface area contributed by atoms with Crippen LogP contribution in [0.3, 0.4) is 0 Å². The molecule has 2 heterocycles. The van der Waals surface area contributed by atoms with Gasteiger partial charge in [0.25, 0.3) is 0 Å². The smallest absolute Gasteiger partial charge is 0.408 e. The number of rotatable bonds is 33. The molecular weight excluding hydrogens is 1070 g/mol. The molecule has 24 heteroatoms. The molecule has 0 unspecified atom stereocenters. The van der Waals surface area contributed by atoms with Crippen LogP contribution in [0.1, 0.15) is 125 Å². The molecule has 454 valence electrons. The average molecular weight is 1150 g/mol. The first-order valence-corrected chi connectivity index (χ1v) is 28.3. The number of carbonyl (C=O) groups is 10. The number of ether oxygens (including phenoxy) is 1. The fraction of sp³-hybridized carbons (Fsp3) is 0.542. The Morgan fingerprint density at radius 2 is 1.20 bits per heavy atom. The maximum absolute atomic E-state index is 14.4. The summed E-state index contributed by atoms with van der Waals surface area (Å²) in [6.45, 7) is 17.1. The molecule has 24 nitrogen and oxygen atoms in total. The maximum Gasteiger partial charge on any atom is 0.408 e. The summed E-state index contributed by atoms with van der Waals surface area (Å²) in [4.78, 5) is 145. The van der Waals surface area contributed by atoms with Crippen molar-refractivity contribution in [1.29, 1.82) is 0 Å². The second-order valence-corrected chi connectivity index (χ2v) is 23.3. The van der Waals surface area contributed by atoms with Gasteiger partial charge in [0.15, 0.2) is 0 Å². The van der Waals surface area contributed by atoms with Crippen molar-refractivity contribution < 1.29 is 52.7 Å². The van der Waals surface area contributed by atoms with Gasteiger partial charge in [-0.3, -0.25) is 43.2 Å². The number of alkyl carbamates (subject to hydrolysis) is 1. The number of hydrogen-bond donors (Lipinski definition) is 12. The number of para-hydroxylation sites is 1. The number of H-pyrrole nitrogens is 2. The molecule has 0 saturated heterocycles. The summed E-state index contributed by atoms with van der Waals surface area (Å²) >= 11 is 0. The Labute approximate surface area is 485 Å². The molecule has 0 fully saturated rings. The molecule has 4 aromatic rings. The number of fused-ring (bicyclic) bond motifs is 1. The van der Waals surface area contributed by atoms with E-state index in [1.807, 2.05) is 45.9 Å². The van der Waals surface area contributed by atoms with E-state index in [0.717, 1.165) is 10.9 Å². The topological polar surface area (TPSA) is 373 Å². The van der Waals surface area contributed by atoms with Crippen LogP contribution in [0.25, 0.3) is 10.9 Å². The van der Waals surface area contributed by atoms with Crippen LogP contribution < -0.4 is 54.0 Å². The van der Waals surface area contributed by atoms with Crippen LogP contribution >= 0.6 is 0 Å². The van der Waals surface area contributed by atoms with E-state index in [-0.39, 0.29) is 55.9 Å². The highest BCUT2D eigenvalue weighted by Crippen LogP contribution is 2.22. The fourth-order valence-corrected chi connectivity index (χ4v) is 9.35. The number of imidazole rings is 1. The van der Waals surface area contributed by atoms with E-state index in [1.165, 1.54) is 19.4 Å². The first kappa shape index (κ1) is 67.2. The summed E-state index contributed by atoms with van der Waals surface area (Å²) in [6.07, 6.45) is 5.16. The summed E-state index contributed by atoms with van der Waals surface area (Å²) < 4.78 is 5.42. The van der Waals surface area contributed by atoms with Crippen LogP contribution in [0.4, 0.5) is 4.79 Å². The van der Waals surface area contributed by atoms with E-state index in [0.29, 0.717) is 42.5 Å². The van der Waals surface area contributed by atoms with Crippen LogP contribution in [-0.2, 0) is 67.2 Å². The molecule has 0 aliphatic heterocycles. The lowest BCUT2D eigenvalue weighted by molar-refractivity contribution is -0.135. The standard InChI is InChI=1S/C59H87N13O11/c1-33(2)24-38(51(61)75)20-21-40(25-34(3)4)67-55(79)47(28-41-30-62-32-65-41)68-49(74)31-64-57(81)50(35(5)6)72-52(76)36(7)66-54(78)46(27-39-29-63-43-19-15-14-18-42(39)43)70-53(77)44(22-23-48(60)73)69-56(80)45(26-37-16-12-11-13-17-37)71-58(82)83-59(8,9)10/h11-19,29-30,32-36,38,40,44-47,50,63H,20-28,31H2,1-10H3,(H2,60,73)(H2,61,75)(H,62,65)(H,64,81)(H,66,78)(H,67,79)(H,68,74)(H,69,80)(H,70,77)(H,71,82)(H,72,76)/t36-,38+,40+,44-,45+,46-,47-,50-/m0/s1. The van der Waals surface area contributed by atoms with Gasteiger partial charge in [-0.25, -0.2) is 9.78 Å². The van der Waals surface area contributed by atoms with Gasteiger partial charge in [0.05, 0.1) is 12.9 Å². The molecule has 2 aromatic heterocycles. The summed E-state index contributed by atoms with van der Waals surface area (Å²) in [5.41, 5.74) is 12.9. The number of nitrogens with zero attached hydrogens (tertiary/aromatic N) is 1. The zero-order valence-corrected chi connectivity index (χ0v) is 49.4. The molecule has 83 heavy (non-hydrogen) atoms. The van der Waals surface area contributed by atoms with Crippen molar-refractivity contribution in [1.82, 2.24) is 57.5 Å². The highest BCUT2D eigenvalue weighted by Gasteiger charge is 2.34. The molecule has 4 rings (SSSR count). The van der Waals surface area contributed by atoms with Crippen LogP contribution in [0.15, 0.2) is 73.3 Å². The lowest BCUT2D eigenvalue weighted by atomic mass is 9.89. The number of carbonyl (C=O) groups excluding carboxylic acids is 10. The van der Waals surface area contributed by atoms with Crippen molar-refractivity contribution in [3.8, 4) is 0 Å². The minimum absolute atomic E-state index is 0.00802. The highest BCUT2D eigenvalue weighted by atomic mass is 16.6. The number of hydrogen-bond acceptors (Lipinski definition) is 12. The monoisotopic (exact) mass is 1150 g/mol. The van der Waals surface area contributed by atoms with Crippen LogP contribution in [0, 0.1) is 23.7 Å². The van der Waals surface area contributed by atoms with Gasteiger partial charge in [-0.15, -0.1) is 0 Å². The third-order valence-electron chi connectivity index (χ3n) is 13.5. The molecule has 8 atom stereocenters. The molecule has 0 saturated carbocycles. The van der Waals surface area contributed by atoms with Gasteiger partial charge >= 0.3 is 6.09 Å². The average Bonchev–Trinajstić information content (AvgIpc) is 4.15. The third-order valence-corrected chi connectivity index (χ3v) is 13.5. The minimum atomic E-state index is -1.46. The molecule has 0 aliphatic rings. The number of aromatic nitrogens is 3. The van der Waals surface area contributed by atoms with Crippen molar-refractivity contribution >= 4 is 70.2 Å². The van der Waals surface area contributed by atoms with Crippen LogP contribution in [-0.4, -0.2) is 129 Å². The van der Waals surface area contributed by atoms with E-state index in [2.05, 4.69) is 57.5 Å². The molecule has 0 bridgehead atoms. The Morgan fingerprint density at radius 1 is 0.602 bits per heavy atom. The van der Waals surface area contributed by atoms with Crippen molar-refractivity contribution in [3.63, 3.8) is 0 Å². The summed E-state index contributed by atoms with van der Waals surface area (Å²) in [5.74, 6) is -6.88. The van der Waals surface area contributed by atoms with Gasteiger partial charge < -0.3 is 68.7 Å². The quantitative estimate of drug-likeness (QED) is 0.0328. The minimum Gasteiger partial charge on any atom is -0.444 e. The lowest BCUT2D eigenvalue weighted by Gasteiger charge is -2.27. The maximum atomic E-state index is 14.4. The normalized spacial score (nSPS) is 14.4. The number of nitrogens with one attached hydrogen (secondary N) is 10. The fourth-order valence-electron chi connectivity index (χ4n) is 9.35. The molecule has 0 spiro atoms. The zero-order chi connectivity index (χ0) is 61.6. The van der Waals surface area contributed by atoms with Gasteiger partial charge in [-0.05, 0) is 94.7 Å². The first-order valence-electron chi connectivity index (χ1n) is 28.3. The van der Waals surface area contributed by atoms with Gasteiger partial charge in [0, 0.05) is 66.6 Å². The summed E-state index contributed by atoms with van der Waals surface area (Å²) in [7, 11) is 0. The van der Waals surface area contributed by atoms with Crippen molar-refractivity contribution in [2.24, 2.45) is 35.1 Å². The van der Waals surface area contributed by atoms with E-state index in [1.54, 1.807) is 77.2 Å². The Morgan fingerprint density at radius 3 is 1.82 bits per heavy atom. The Hall–Kier alpha value is -8.31. The van der Waals surface area contributed by atoms with Crippen molar-refractivity contribution in [3.05, 3.63) is 90.1 Å². The summed E-state index contributed by atoms with van der Waals surface area (Å²) in [5, 5.41) is 22.3. The van der Waals surface area contributed by atoms with E-state index >= 15 is 0 Å². The zero-order valence-electron chi connectivity index (χ0n) is 49.4. The number of primary amides is 2. The molecule has 0 aliphatic carbocycles. The summed E-state index contributed by atoms with van der Waals surface area (Å²) in [6, 6.07) is 7.93. The van der Waals surface area contributed by atoms with Crippen molar-refractivity contribution in [2.45, 2.75) is 175 Å². The van der Waals surface area contributed by atoms with E-state index in [4.69, 9.17) is 16.2 Å². The van der Waals surface area contributed by atoms with Crippen LogP contribution in [0.5, 0.6) is 0 Å². The SMILES string of the molecule is CC(C)C[C@@H](CC[C@H](CC(C)C)C(N)=O)NC(=O)[C@H](Cc1cnc[nH]1)NC(=O)CNC(=O)[C@@H](NC(=O)[C@H](C)NC(=O)[C@H](Cc1c[nH]c2ccccc12)NC(=O)[C@H](CCC(N)=O)NC(=O)[C@@H](Cc1ccccc1)NC(=O)OC(C)(C)C)C(C)C. The second kappa shape index (κ2) is 32.4. The predicted octanol–water partition coefficient (Wildman–Crippen LogP) is 2.75. The first-order chi connectivity index (χ1) is 39.1. The Bertz CT molecular complexity index is 2810. The van der Waals surface area contributed by atoms with Gasteiger partial charge in [-0.1, -0.05) is 90.1 Å². The molecule has 0 radical (unpaired) electrons. The van der Waals surface area contributed by atoms with Crippen molar-refractivity contribution in [2.75, 3.05) is 6.54 Å². The van der Waals surface area contributed by atoms with E-state index < -0.39 is 114 Å². The van der Waals surface area contributed by atoms with Gasteiger partial charge in [0.2, 0.25) is 53.2 Å². The number of nitrogens with two attached hydrogens (primary N) is 2. The molecular formula is C59H87N13O11. The largest absolute Gasteiger partial charge is 0.444 e. The molecule has 14 N–H and O–H groups in total. The molecule has 10 amide bonds. The van der Waals surface area contributed by atoms with E-state index in [9.17, 15) is 47.9 Å². The lowest BCUT2D eigenvalue weighted by Crippen LogP contribution is -2.60.